The molecule has 3 heteroatoms. The maximum Gasteiger partial charge on any atom is 0.0775 e. The Kier molecular flexibility index (Phi) is 5.05. The van der Waals surface area contributed by atoms with E-state index in [0.29, 0.717) is 5.92 Å². The summed E-state index contributed by atoms with van der Waals surface area (Å²) in [5.74, 6) is 1.45. The van der Waals surface area contributed by atoms with Crippen LogP contribution in [0.15, 0.2) is 24.3 Å². The minimum Gasteiger partial charge on any atom is -0.330 e. The molecule has 2 N–H and O–H groups in total. The van der Waals surface area contributed by atoms with Gasteiger partial charge in [-0.25, -0.2) is 0 Å². The summed E-state index contributed by atoms with van der Waals surface area (Å²) in [4.78, 5) is 2.57. The molecule has 0 aromatic heterocycles. The lowest BCUT2D eigenvalue weighted by Crippen LogP contribution is -2.42. The fourth-order valence-corrected chi connectivity index (χ4v) is 4.21. The Morgan fingerprint density at radius 2 is 1.85 bits per heavy atom. The van der Waals surface area contributed by atoms with Crippen LogP contribution in [0.2, 0.25) is 19.6 Å². The standard InChI is InChI=1S/C17H30N2Si/c1-14-9-10-19(13-16(14)11-18)12-15-5-7-17(8-6-15)20(2,3)4/h5-8,14,16H,9-13,18H2,1-4H3. The van der Waals surface area contributed by atoms with Gasteiger partial charge in [-0.1, -0.05) is 56.0 Å². The van der Waals surface area contributed by atoms with Crippen LogP contribution in [-0.2, 0) is 6.54 Å². The molecule has 0 radical (unpaired) electrons. The predicted octanol–water partition coefficient (Wildman–Crippen LogP) is 2.65. The molecular weight excluding hydrogens is 260 g/mol. The molecule has 2 rings (SSSR count). The molecule has 2 atom stereocenters. The van der Waals surface area contributed by atoms with Crippen molar-refractivity contribution in [3.05, 3.63) is 29.8 Å². The van der Waals surface area contributed by atoms with E-state index in [1.54, 1.807) is 5.19 Å². The van der Waals surface area contributed by atoms with Gasteiger partial charge in [-0.15, -0.1) is 0 Å². The van der Waals surface area contributed by atoms with Gasteiger partial charge in [0.1, 0.15) is 0 Å². The summed E-state index contributed by atoms with van der Waals surface area (Å²) in [6.45, 7) is 13.8. The summed E-state index contributed by atoms with van der Waals surface area (Å²) in [6.07, 6.45) is 1.29. The molecule has 1 aliphatic rings. The van der Waals surface area contributed by atoms with Gasteiger partial charge in [-0.3, -0.25) is 4.90 Å². The van der Waals surface area contributed by atoms with Crippen LogP contribution in [0, 0.1) is 11.8 Å². The first-order chi connectivity index (χ1) is 9.40. The van der Waals surface area contributed by atoms with E-state index in [1.807, 2.05) is 0 Å². The number of piperidine rings is 1. The van der Waals surface area contributed by atoms with Crippen molar-refractivity contribution >= 4 is 13.3 Å². The van der Waals surface area contributed by atoms with E-state index in [-0.39, 0.29) is 0 Å². The van der Waals surface area contributed by atoms with E-state index in [4.69, 9.17) is 5.73 Å². The second-order valence-corrected chi connectivity index (χ2v) is 12.5. The highest BCUT2D eigenvalue weighted by atomic mass is 28.3. The maximum absolute atomic E-state index is 5.89. The lowest BCUT2D eigenvalue weighted by Gasteiger charge is -2.36. The van der Waals surface area contributed by atoms with Gasteiger partial charge < -0.3 is 5.73 Å². The number of rotatable bonds is 4. The van der Waals surface area contributed by atoms with Gasteiger partial charge in [0, 0.05) is 13.1 Å². The Labute approximate surface area is 125 Å². The summed E-state index contributed by atoms with van der Waals surface area (Å²) in [5, 5.41) is 1.55. The van der Waals surface area contributed by atoms with Crippen molar-refractivity contribution in [1.82, 2.24) is 4.90 Å². The van der Waals surface area contributed by atoms with Crippen molar-refractivity contribution in [2.45, 2.75) is 39.5 Å². The number of nitrogens with zero attached hydrogens (tertiary/aromatic N) is 1. The average molecular weight is 291 g/mol. The highest BCUT2D eigenvalue weighted by Crippen LogP contribution is 2.23. The first-order valence-corrected chi connectivity index (χ1v) is 11.4. The van der Waals surface area contributed by atoms with E-state index in [2.05, 4.69) is 55.7 Å². The molecular formula is C17H30N2Si. The summed E-state index contributed by atoms with van der Waals surface area (Å²) in [7, 11) is -1.16. The first kappa shape index (κ1) is 15.7. The molecule has 2 unspecified atom stereocenters. The zero-order valence-electron chi connectivity index (χ0n) is 13.5. The van der Waals surface area contributed by atoms with Crippen molar-refractivity contribution in [2.75, 3.05) is 19.6 Å². The largest absolute Gasteiger partial charge is 0.330 e. The molecule has 0 amide bonds. The van der Waals surface area contributed by atoms with Crippen molar-refractivity contribution in [3.8, 4) is 0 Å². The van der Waals surface area contributed by atoms with E-state index < -0.39 is 8.07 Å². The molecule has 1 aliphatic heterocycles. The van der Waals surface area contributed by atoms with Crippen LogP contribution in [0.3, 0.4) is 0 Å². The van der Waals surface area contributed by atoms with Gasteiger partial charge in [0.2, 0.25) is 0 Å². The van der Waals surface area contributed by atoms with Crippen molar-refractivity contribution in [3.63, 3.8) is 0 Å². The quantitative estimate of drug-likeness (QED) is 0.864. The molecule has 20 heavy (non-hydrogen) atoms. The third kappa shape index (κ3) is 3.93. The minimum atomic E-state index is -1.16. The Balaban J connectivity index is 1.97. The van der Waals surface area contributed by atoms with Crippen LogP contribution in [0.1, 0.15) is 18.9 Å². The SMILES string of the molecule is CC1CCN(Cc2ccc([Si](C)(C)C)cc2)CC1CN. The van der Waals surface area contributed by atoms with Crippen LogP contribution >= 0.6 is 0 Å². The number of hydrogen-bond acceptors (Lipinski definition) is 2. The lowest BCUT2D eigenvalue weighted by molar-refractivity contribution is 0.126. The van der Waals surface area contributed by atoms with Crippen molar-refractivity contribution in [1.29, 1.82) is 0 Å². The summed E-state index contributed by atoms with van der Waals surface area (Å²) in [5.41, 5.74) is 7.34. The van der Waals surface area contributed by atoms with E-state index >= 15 is 0 Å². The zero-order chi connectivity index (χ0) is 14.8. The Bertz CT molecular complexity index is 422. The number of hydrogen-bond donors (Lipinski definition) is 1. The van der Waals surface area contributed by atoms with Gasteiger partial charge >= 0.3 is 0 Å². The van der Waals surface area contributed by atoms with Crippen LogP contribution in [0.5, 0.6) is 0 Å². The Hall–Kier alpha value is -0.643. The number of nitrogens with two attached hydrogens (primary N) is 1. The molecule has 112 valence electrons. The molecule has 1 saturated heterocycles. The molecule has 0 bridgehead atoms. The highest BCUT2D eigenvalue weighted by molar-refractivity contribution is 6.88. The summed E-state index contributed by atoms with van der Waals surface area (Å²) >= 11 is 0. The van der Waals surface area contributed by atoms with Crippen molar-refractivity contribution < 1.29 is 0 Å². The van der Waals surface area contributed by atoms with Crippen LogP contribution < -0.4 is 10.9 Å². The number of benzene rings is 1. The second-order valence-electron chi connectivity index (χ2n) is 7.44. The third-order valence-corrected chi connectivity index (χ3v) is 6.79. The fraction of sp³-hybridized carbons (Fsp3) is 0.647. The first-order valence-electron chi connectivity index (χ1n) is 7.92. The second kappa shape index (κ2) is 6.42. The molecule has 2 nitrogen and oxygen atoms in total. The summed E-state index contributed by atoms with van der Waals surface area (Å²) < 4.78 is 0. The highest BCUT2D eigenvalue weighted by Gasteiger charge is 2.25. The van der Waals surface area contributed by atoms with Gasteiger partial charge in [-0.05, 0) is 36.9 Å². The third-order valence-electron chi connectivity index (χ3n) is 4.73. The normalized spacial score (nSPS) is 24.9. The predicted molar refractivity (Wildman–Crippen MR) is 91.0 cm³/mol. The molecule has 1 heterocycles. The smallest absolute Gasteiger partial charge is 0.0775 e. The number of likely N-dealkylation sites (tertiary alicyclic amines) is 1. The maximum atomic E-state index is 5.89. The van der Waals surface area contributed by atoms with Gasteiger partial charge in [0.25, 0.3) is 0 Å². The van der Waals surface area contributed by atoms with Gasteiger partial charge in [0.15, 0.2) is 0 Å². The average Bonchev–Trinajstić information content (AvgIpc) is 2.40. The minimum absolute atomic E-state index is 0.671. The molecule has 1 fully saturated rings. The van der Waals surface area contributed by atoms with Crippen molar-refractivity contribution in [2.24, 2.45) is 17.6 Å². The molecule has 0 aliphatic carbocycles. The van der Waals surface area contributed by atoms with Gasteiger partial charge in [0.05, 0.1) is 8.07 Å². The van der Waals surface area contributed by atoms with E-state index in [0.717, 1.165) is 25.6 Å². The molecule has 0 saturated carbocycles. The zero-order valence-corrected chi connectivity index (χ0v) is 14.5. The molecule has 1 aromatic carbocycles. The lowest BCUT2D eigenvalue weighted by atomic mass is 9.87. The van der Waals surface area contributed by atoms with Gasteiger partial charge in [-0.2, -0.15) is 0 Å². The van der Waals surface area contributed by atoms with Crippen LogP contribution in [-0.4, -0.2) is 32.6 Å². The Morgan fingerprint density at radius 3 is 2.40 bits per heavy atom. The van der Waals surface area contributed by atoms with E-state index in [1.165, 1.54) is 18.5 Å². The molecule has 1 aromatic rings. The Morgan fingerprint density at radius 1 is 1.20 bits per heavy atom. The monoisotopic (exact) mass is 290 g/mol. The fourth-order valence-electron chi connectivity index (χ4n) is 3.04. The molecule has 0 spiro atoms. The summed E-state index contributed by atoms with van der Waals surface area (Å²) in [6, 6.07) is 9.33. The van der Waals surface area contributed by atoms with Crippen LogP contribution in [0.4, 0.5) is 0 Å². The topological polar surface area (TPSA) is 29.3 Å². The van der Waals surface area contributed by atoms with Crippen LogP contribution in [0.25, 0.3) is 0 Å². The van der Waals surface area contributed by atoms with E-state index in [9.17, 15) is 0 Å².